The van der Waals surface area contributed by atoms with Crippen LogP contribution in [0.3, 0.4) is 0 Å². The molecular weight excluding hydrogens is 355 g/mol. The summed E-state index contributed by atoms with van der Waals surface area (Å²) < 4.78 is 1.32. The molecule has 3 aromatic rings. The summed E-state index contributed by atoms with van der Waals surface area (Å²) in [5, 5.41) is 12.8. The molecule has 0 aliphatic rings. The molecule has 1 atom stereocenters. The number of carbonyl (C=O) groups excluding carboxylic acids is 1. The lowest BCUT2D eigenvalue weighted by Crippen LogP contribution is -2.39. The van der Waals surface area contributed by atoms with Crippen molar-refractivity contribution in [1.29, 1.82) is 0 Å². The number of H-pyrrole nitrogens is 1. The summed E-state index contributed by atoms with van der Waals surface area (Å²) in [4.78, 5) is 15.3. The van der Waals surface area contributed by atoms with Gasteiger partial charge < -0.3 is 15.4 Å². The van der Waals surface area contributed by atoms with Gasteiger partial charge in [0.1, 0.15) is 10.0 Å². The van der Waals surface area contributed by atoms with Gasteiger partial charge in [-0.1, -0.05) is 53.5 Å². The highest BCUT2D eigenvalue weighted by molar-refractivity contribution is 7.23. The van der Waals surface area contributed by atoms with Crippen molar-refractivity contribution in [3.05, 3.63) is 57.0 Å². The van der Waals surface area contributed by atoms with Crippen LogP contribution in [0.15, 0.2) is 36.4 Å². The molecule has 23 heavy (non-hydrogen) atoms. The average Bonchev–Trinajstić information content (AvgIpc) is 3.08. The molecule has 0 radical (unpaired) electrons. The van der Waals surface area contributed by atoms with E-state index < -0.39 is 0 Å². The fraction of sp³-hybridized carbons (Fsp3) is 0.188. The van der Waals surface area contributed by atoms with Crippen molar-refractivity contribution in [3.63, 3.8) is 0 Å². The number of halogens is 2. The standard InChI is InChI=1S/C16H14Cl2N2O2S/c17-13-14-12(23-15(13)18)7-11(20-14)16(22)19-10(8-21)6-9-4-2-1-3-5-9/h1-5,7,10,20-21H,6,8H2,(H,19,22). The SMILES string of the molecule is O=C(NC(CO)Cc1ccccc1)c1cc2sc(Cl)c(Cl)c2[nH]1. The number of fused-ring (bicyclic) bond motifs is 1. The minimum Gasteiger partial charge on any atom is -0.394 e. The molecule has 3 N–H and O–H groups in total. The van der Waals surface area contributed by atoms with Crippen LogP contribution in [0.1, 0.15) is 16.1 Å². The molecule has 4 nitrogen and oxygen atoms in total. The number of aromatic amines is 1. The summed E-state index contributed by atoms with van der Waals surface area (Å²) in [6, 6.07) is 11.1. The van der Waals surface area contributed by atoms with Crippen LogP contribution in [0.4, 0.5) is 0 Å². The molecule has 0 bridgehead atoms. The number of hydrogen-bond acceptors (Lipinski definition) is 3. The zero-order chi connectivity index (χ0) is 16.4. The van der Waals surface area contributed by atoms with Crippen molar-refractivity contribution in [2.75, 3.05) is 6.61 Å². The molecule has 1 amide bonds. The fourth-order valence-electron chi connectivity index (χ4n) is 2.36. The third kappa shape index (κ3) is 3.53. The second-order valence-electron chi connectivity index (χ2n) is 5.15. The van der Waals surface area contributed by atoms with Crippen LogP contribution in [-0.4, -0.2) is 28.6 Å². The van der Waals surface area contributed by atoms with Gasteiger partial charge in [-0.25, -0.2) is 0 Å². The highest BCUT2D eigenvalue weighted by Crippen LogP contribution is 2.38. The number of benzene rings is 1. The molecule has 0 saturated heterocycles. The van der Waals surface area contributed by atoms with E-state index >= 15 is 0 Å². The van der Waals surface area contributed by atoms with E-state index in [0.29, 0.717) is 27.0 Å². The van der Waals surface area contributed by atoms with Crippen LogP contribution in [0.2, 0.25) is 9.36 Å². The first-order valence-corrected chi connectivity index (χ1v) is 8.58. The summed E-state index contributed by atoms with van der Waals surface area (Å²) >= 11 is 13.3. The van der Waals surface area contributed by atoms with E-state index in [1.807, 2.05) is 30.3 Å². The molecule has 0 fully saturated rings. The molecule has 7 heteroatoms. The van der Waals surface area contributed by atoms with Crippen LogP contribution >= 0.6 is 34.5 Å². The van der Waals surface area contributed by atoms with Gasteiger partial charge in [0.25, 0.3) is 5.91 Å². The van der Waals surface area contributed by atoms with Gasteiger partial charge in [0, 0.05) is 0 Å². The molecule has 2 aromatic heterocycles. The minimum absolute atomic E-state index is 0.137. The van der Waals surface area contributed by atoms with Gasteiger partial charge >= 0.3 is 0 Å². The van der Waals surface area contributed by atoms with Gasteiger partial charge in [-0.15, -0.1) is 11.3 Å². The normalized spacial score (nSPS) is 12.5. The quantitative estimate of drug-likeness (QED) is 0.639. The Bertz CT molecular complexity index is 829. The predicted molar refractivity (Wildman–Crippen MR) is 94.7 cm³/mol. The Hall–Kier alpha value is -1.53. The van der Waals surface area contributed by atoms with Crippen molar-refractivity contribution in [1.82, 2.24) is 10.3 Å². The van der Waals surface area contributed by atoms with E-state index in [-0.39, 0.29) is 18.6 Å². The number of amides is 1. The van der Waals surface area contributed by atoms with Crippen molar-refractivity contribution in [2.24, 2.45) is 0 Å². The molecular formula is C16H14Cl2N2O2S. The van der Waals surface area contributed by atoms with Crippen molar-refractivity contribution >= 4 is 50.7 Å². The lowest BCUT2D eigenvalue weighted by atomic mass is 10.1. The molecule has 0 aliphatic carbocycles. The minimum atomic E-state index is -0.356. The Labute approximate surface area is 147 Å². The van der Waals surface area contributed by atoms with Gasteiger partial charge in [0.15, 0.2) is 0 Å². The van der Waals surface area contributed by atoms with E-state index in [2.05, 4.69) is 10.3 Å². The Morgan fingerprint density at radius 1 is 1.30 bits per heavy atom. The summed E-state index contributed by atoms with van der Waals surface area (Å²) in [6.45, 7) is -0.137. The maximum atomic E-state index is 12.3. The first-order chi connectivity index (χ1) is 11.1. The number of aliphatic hydroxyl groups excluding tert-OH is 1. The summed E-state index contributed by atoms with van der Waals surface area (Å²) in [7, 11) is 0. The van der Waals surface area contributed by atoms with E-state index in [1.54, 1.807) is 6.07 Å². The molecule has 1 aromatic carbocycles. The van der Waals surface area contributed by atoms with E-state index in [4.69, 9.17) is 23.2 Å². The summed E-state index contributed by atoms with van der Waals surface area (Å²) in [5.74, 6) is -0.282. The molecule has 0 aliphatic heterocycles. The van der Waals surface area contributed by atoms with Crippen molar-refractivity contribution in [3.8, 4) is 0 Å². The van der Waals surface area contributed by atoms with E-state index in [0.717, 1.165) is 10.3 Å². The third-order valence-electron chi connectivity index (χ3n) is 3.50. The Morgan fingerprint density at radius 2 is 2.04 bits per heavy atom. The van der Waals surface area contributed by atoms with Crippen LogP contribution in [0.5, 0.6) is 0 Å². The maximum Gasteiger partial charge on any atom is 0.268 e. The Balaban J connectivity index is 1.73. The molecule has 0 spiro atoms. The third-order valence-corrected chi connectivity index (χ3v) is 5.43. The van der Waals surface area contributed by atoms with Crippen LogP contribution in [0.25, 0.3) is 10.2 Å². The number of aliphatic hydroxyl groups is 1. The molecule has 2 heterocycles. The smallest absolute Gasteiger partial charge is 0.268 e. The monoisotopic (exact) mass is 368 g/mol. The highest BCUT2D eigenvalue weighted by Gasteiger charge is 2.18. The van der Waals surface area contributed by atoms with Crippen LogP contribution < -0.4 is 5.32 Å². The van der Waals surface area contributed by atoms with Gasteiger partial charge in [-0.2, -0.15) is 0 Å². The molecule has 1 unspecified atom stereocenters. The average molecular weight is 369 g/mol. The lowest BCUT2D eigenvalue weighted by molar-refractivity contribution is 0.0912. The number of thiophene rings is 1. The van der Waals surface area contributed by atoms with Crippen LogP contribution in [-0.2, 0) is 6.42 Å². The summed E-state index contributed by atoms with van der Waals surface area (Å²) in [5.41, 5.74) is 2.11. The largest absolute Gasteiger partial charge is 0.394 e. The number of nitrogens with one attached hydrogen (secondary N) is 2. The second kappa shape index (κ2) is 6.93. The Kier molecular flexibility index (Phi) is 4.92. The lowest BCUT2D eigenvalue weighted by Gasteiger charge is -2.15. The number of aromatic nitrogens is 1. The fourth-order valence-corrected chi connectivity index (χ4v) is 3.85. The van der Waals surface area contributed by atoms with E-state index in [1.165, 1.54) is 11.3 Å². The van der Waals surface area contributed by atoms with Gasteiger partial charge in [0.2, 0.25) is 0 Å². The van der Waals surface area contributed by atoms with Crippen molar-refractivity contribution < 1.29 is 9.90 Å². The van der Waals surface area contributed by atoms with Crippen LogP contribution in [0, 0.1) is 0 Å². The van der Waals surface area contributed by atoms with Gasteiger partial charge in [-0.3, -0.25) is 4.79 Å². The molecule has 120 valence electrons. The highest BCUT2D eigenvalue weighted by atomic mass is 35.5. The zero-order valence-electron chi connectivity index (χ0n) is 12.0. The second-order valence-corrected chi connectivity index (χ2v) is 7.19. The van der Waals surface area contributed by atoms with E-state index in [9.17, 15) is 9.90 Å². The summed E-state index contributed by atoms with van der Waals surface area (Å²) in [6.07, 6.45) is 0.560. The number of rotatable bonds is 5. The number of hydrogen-bond donors (Lipinski definition) is 3. The van der Waals surface area contributed by atoms with Crippen molar-refractivity contribution in [2.45, 2.75) is 12.5 Å². The predicted octanol–water partition coefficient (Wildman–Crippen LogP) is 3.87. The molecule has 3 rings (SSSR count). The Morgan fingerprint density at radius 3 is 2.70 bits per heavy atom. The van der Waals surface area contributed by atoms with Gasteiger partial charge in [-0.05, 0) is 18.1 Å². The number of carbonyl (C=O) groups is 1. The first-order valence-electron chi connectivity index (χ1n) is 7.00. The zero-order valence-corrected chi connectivity index (χ0v) is 14.3. The maximum absolute atomic E-state index is 12.3. The first kappa shape index (κ1) is 16.3. The molecule has 0 saturated carbocycles. The topological polar surface area (TPSA) is 65.1 Å². The van der Waals surface area contributed by atoms with Gasteiger partial charge in [0.05, 0.1) is 27.9 Å².